The SMILES string of the molecule is O=C1CCC(c2ccccc2)CC1CCCCO. The van der Waals surface area contributed by atoms with Gasteiger partial charge in [-0.25, -0.2) is 0 Å². The van der Waals surface area contributed by atoms with E-state index in [2.05, 4.69) is 24.3 Å². The minimum absolute atomic E-state index is 0.218. The Morgan fingerprint density at radius 2 is 1.94 bits per heavy atom. The molecule has 1 aromatic carbocycles. The number of hydrogen-bond donors (Lipinski definition) is 1. The van der Waals surface area contributed by atoms with Gasteiger partial charge in [0, 0.05) is 18.9 Å². The molecule has 98 valence electrons. The molecule has 1 fully saturated rings. The molecule has 0 amide bonds. The summed E-state index contributed by atoms with van der Waals surface area (Å²) in [6, 6.07) is 10.5. The fourth-order valence-electron chi connectivity index (χ4n) is 2.92. The maximum absolute atomic E-state index is 11.9. The number of carbonyl (C=O) groups is 1. The lowest BCUT2D eigenvalue weighted by atomic mass is 9.75. The van der Waals surface area contributed by atoms with Crippen molar-refractivity contribution in [1.29, 1.82) is 0 Å². The van der Waals surface area contributed by atoms with Gasteiger partial charge in [0.2, 0.25) is 0 Å². The second-order valence-electron chi connectivity index (χ2n) is 5.26. The fraction of sp³-hybridized carbons (Fsp3) is 0.562. The summed E-state index contributed by atoms with van der Waals surface area (Å²) in [6.45, 7) is 0.239. The number of aliphatic hydroxyl groups is 1. The molecule has 0 saturated heterocycles. The van der Waals surface area contributed by atoms with E-state index in [4.69, 9.17) is 5.11 Å². The molecule has 0 spiro atoms. The van der Waals surface area contributed by atoms with Crippen molar-refractivity contribution in [3.05, 3.63) is 35.9 Å². The Kier molecular flexibility index (Phi) is 4.94. The van der Waals surface area contributed by atoms with Crippen LogP contribution in [0.5, 0.6) is 0 Å². The number of rotatable bonds is 5. The zero-order chi connectivity index (χ0) is 12.8. The van der Waals surface area contributed by atoms with Gasteiger partial charge in [-0.1, -0.05) is 36.8 Å². The lowest BCUT2D eigenvalue weighted by Gasteiger charge is -2.28. The molecule has 1 aliphatic rings. The summed E-state index contributed by atoms with van der Waals surface area (Å²) in [4.78, 5) is 11.9. The predicted molar refractivity (Wildman–Crippen MR) is 72.5 cm³/mol. The average molecular weight is 246 g/mol. The molecule has 1 aliphatic carbocycles. The fourth-order valence-corrected chi connectivity index (χ4v) is 2.92. The van der Waals surface area contributed by atoms with Crippen molar-refractivity contribution in [2.45, 2.75) is 44.4 Å². The number of Topliss-reactive ketones (excluding diaryl/α,β-unsaturated/α-hetero) is 1. The van der Waals surface area contributed by atoms with Crippen LogP contribution in [0, 0.1) is 5.92 Å². The molecule has 0 bridgehead atoms. The third-order valence-electron chi connectivity index (χ3n) is 4.00. The van der Waals surface area contributed by atoms with E-state index in [-0.39, 0.29) is 12.5 Å². The largest absolute Gasteiger partial charge is 0.396 e. The maximum atomic E-state index is 11.9. The number of carbonyl (C=O) groups excluding carboxylic acids is 1. The number of ketones is 1. The van der Waals surface area contributed by atoms with Crippen molar-refractivity contribution in [1.82, 2.24) is 0 Å². The van der Waals surface area contributed by atoms with E-state index in [0.29, 0.717) is 11.7 Å². The summed E-state index contributed by atoms with van der Waals surface area (Å²) in [5, 5.41) is 8.81. The van der Waals surface area contributed by atoms with Gasteiger partial charge in [-0.05, 0) is 37.2 Å². The number of unbranched alkanes of at least 4 members (excludes halogenated alkanes) is 1. The van der Waals surface area contributed by atoms with Crippen LogP contribution < -0.4 is 0 Å². The molecule has 2 atom stereocenters. The van der Waals surface area contributed by atoms with Gasteiger partial charge in [0.15, 0.2) is 0 Å². The normalized spacial score (nSPS) is 24.2. The summed E-state index contributed by atoms with van der Waals surface area (Å²) in [5.74, 6) is 1.19. The van der Waals surface area contributed by atoms with Crippen molar-refractivity contribution < 1.29 is 9.90 Å². The molecule has 1 saturated carbocycles. The molecule has 0 heterocycles. The van der Waals surface area contributed by atoms with Crippen LogP contribution in [0.4, 0.5) is 0 Å². The second-order valence-corrected chi connectivity index (χ2v) is 5.26. The zero-order valence-electron chi connectivity index (χ0n) is 10.8. The number of hydrogen-bond acceptors (Lipinski definition) is 2. The van der Waals surface area contributed by atoms with Gasteiger partial charge in [-0.15, -0.1) is 0 Å². The molecule has 0 radical (unpaired) electrons. The van der Waals surface area contributed by atoms with Crippen LogP contribution in [0.3, 0.4) is 0 Å². The lowest BCUT2D eigenvalue weighted by molar-refractivity contribution is -0.125. The highest BCUT2D eigenvalue weighted by atomic mass is 16.2. The molecule has 2 heteroatoms. The highest BCUT2D eigenvalue weighted by Crippen LogP contribution is 2.36. The third kappa shape index (κ3) is 3.42. The van der Waals surface area contributed by atoms with Crippen molar-refractivity contribution in [3.8, 4) is 0 Å². The second kappa shape index (κ2) is 6.69. The van der Waals surface area contributed by atoms with Crippen LogP contribution in [0.25, 0.3) is 0 Å². The van der Waals surface area contributed by atoms with E-state index < -0.39 is 0 Å². The molecular formula is C16H22O2. The van der Waals surface area contributed by atoms with Gasteiger partial charge in [-0.2, -0.15) is 0 Å². The highest BCUT2D eigenvalue weighted by Gasteiger charge is 2.28. The summed E-state index contributed by atoms with van der Waals surface area (Å²) in [6.07, 6.45) is 5.45. The van der Waals surface area contributed by atoms with Crippen molar-refractivity contribution in [3.63, 3.8) is 0 Å². The first-order valence-electron chi connectivity index (χ1n) is 6.99. The van der Waals surface area contributed by atoms with Gasteiger partial charge in [-0.3, -0.25) is 4.79 Å². The molecule has 1 N–H and O–H groups in total. The Bertz CT molecular complexity index is 372. The molecule has 2 nitrogen and oxygen atoms in total. The molecule has 0 aliphatic heterocycles. The molecule has 2 unspecified atom stereocenters. The lowest BCUT2D eigenvalue weighted by Crippen LogP contribution is -2.24. The van der Waals surface area contributed by atoms with Crippen LogP contribution in [0.1, 0.15) is 50.0 Å². The number of benzene rings is 1. The Labute approximate surface area is 109 Å². The van der Waals surface area contributed by atoms with Crippen molar-refractivity contribution >= 4 is 5.78 Å². The molecular weight excluding hydrogens is 224 g/mol. The van der Waals surface area contributed by atoms with Crippen LogP contribution in [-0.4, -0.2) is 17.5 Å². The quantitative estimate of drug-likeness (QED) is 0.809. The van der Waals surface area contributed by atoms with Gasteiger partial charge in [0.05, 0.1) is 0 Å². The summed E-state index contributed by atoms with van der Waals surface area (Å²) in [7, 11) is 0. The van der Waals surface area contributed by atoms with E-state index in [9.17, 15) is 4.79 Å². The standard InChI is InChI=1S/C16H22O2/c17-11-5-4-8-15-12-14(9-10-16(15)18)13-6-2-1-3-7-13/h1-3,6-7,14-15,17H,4-5,8-12H2. The van der Waals surface area contributed by atoms with Gasteiger partial charge in [0.1, 0.15) is 5.78 Å². The molecule has 1 aromatic rings. The van der Waals surface area contributed by atoms with Gasteiger partial charge >= 0.3 is 0 Å². The number of aliphatic hydroxyl groups excluding tert-OH is 1. The summed E-state index contributed by atoms with van der Waals surface area (Å²) in [5.41, 5.74) is 1.37. The average Bonchev–Trinajstić information content (AvgIpc) is 2.42. The highest BCUT2D eigenvalue weighted by molar-refractivity contribution is 5.82. The van der Waals surface area contributed by atoms with Crippen molar-refractivity contribution in [2.24, 2.45) is 5.92 Å². The monoisotopic (exact) mass is 246 g/mol. The molecule has 18 heavy (non-hydrogen) atoms. The van der Waals surface area contributed by atoms with Crippen LogP contribution in [0.2, 0.25) is 0 Å². The smallest absolute Gasteiger partial charge is 0.136 e. The van der Waals surface area contributed by atoms with E-state index in [0.717, 1.165) is 38.5 Å². The van der Waals surface area contributed by atoms with E-state index in [1.165, 1.54) is 5.56 Å². The first kappa shape index (κ1) is 13.3. The Balaban J connectivity index is 1.94. The van der Waals surface area contributed by atoms with Gasteiger partial charge < -0.3 is 5.11 Å². The Morgan fingerprint density at radius 3 is 2.67 bits per heavy atom. The van der Waals surface area contributed by atoms with Crippen LogP contribution in [0.15, 0.2) is 30.3 Å². The summed E-state index contributed by atoms with van der Waals surface area (Å²) < 4.78 is 0. The maximum Gasteiger partial charge on any atom is 0.136 e. The third-order valence-corrected chi connectivity index (χ3v) is 4.00. The Hall–Kier alpha value is -1.15. The van der Waals surface area contributed by atoms with E-state index >= 15 is 0 Å². The predicted octanol–water partition coefficient (Wildman–Crippen LogP) is 3.30. The van der Waals surface area contributed by atoms with Crippen molar-refractivity contribution in [2.75, 3.05) is 6.61 Å². The zero-order valence-corrected chi connectivity index (χ0v) is 10.8. The van der Waals surface area contributed by atoms with Crippen LogP contribution in [-0.2, 0) is 4.79 Å². The molecule has 2 rings (SSSR count). The topological polar surface area (TPSA) is 37.3 Å². The van der Waals surface area contributed by atoms with E-state index in [1.807, 2.05) is 6.07 Å². The first-order chi connectivity index (χ1) is 8.81. The van der Waals surface area contributed by atoms with Crippen LogP contribution >= 0.6 is 0 Å². The van der Waals surface area contributed by atoms with E-state index in [1.54, 1.807) is 0 Å². The minimum atomic E-state index is 0.218. The first-order valence-corrected chi connectivity index (χ1v) is 6.99. The van der Waals surface area contributed by atoms with Gasteiger partial charge in [0.25, 0.3) is 0 Å². The minimum Gasteiger partial charge on any atom is -0.396 e. The molecule has 0 aromatic heterocycles. The Morgan fingerprint density at radius 1 is 1.17 bits per heavy atom. The summed E-state index contributed by atoms with van der Waals surface area (Å²) >= 11 is 0.